The van der Waals surface area contributed by atoms with Crippen molar-refractivity contribution in [3.05, 3.63) is 77.4 Å². The molecule has 29 heavy (non-hydrogen) atoms. The van der Waals surface area contributed by atoms with Crippen LogP contribution in [0.3, 0.4) is 0 Å². The molecule has 1 saturated heterocycles. The summed E-state index contributed by atoms with van der Waals surface area (Å²) in [5.74, 6) is 0. The zero-order valence-electron chi connectivity index (χ0n) is 17.1. The Hall–Kier alpha value is -2.21. The summed E-state index contributed by atoms with van der Waals surface area (Å²) in [5, 5.41) is 2.41. The predicted molar refractivity (Wildman–Crippen MR) is 118 cm³/mol. The lowest BCUT2D eigenvalue weighted by molar-refractivity contribution is -0.918. The molecule has 4 nitrogen and oxygen atoms in total. The van der Waals surface area contributed by atoms with Crippen molar-refractivity contribution in [3.63, 3.8) is 0 Å². The Labute approximate surface area is 173 Å². The molecule has 5 heteroatoms. The van der Waals surface area contributed by atoms with Crippen molar-refractivity contribution in [1.29, 1.82) is 0 Å². The van der Waals surface area contributed by atoms with Crippen LogP contribution in [0.2, 0.25) is 0 Å². The van der Waals surface area contributed by atoms with Crippen LogP contribution < -0.4 is 9.62 Å². The van der Waals surface area contributed by atoms with Crippen molar-refractivity contribution in [2.75, 3.05) is 19.6 Å². The van der Waals surface area contributed by atoms with Gasteiger partial charge in [0.2, 0.25) is 10.0 Å². The summed E-state index contributed by atoms with van der Waals surface area (Å²) in [6.45, 7) is 6.51. The third-order valence-electron chi connectivity index (χ3n) is 6.20. The Morgan fingerprint density at radius 1 is 0.931 bits per heavy atom. The molecule has 0 unspecified atom stereocenters. The molecular formula is C24H29N2O2S+. The van der Waals surface area contributed by atoms with Crippen LogP contribution in [0, 0.1) is 13.8 Å². The Balaban J connectivity index is 1.65. The highest BCUT2D eigenvalue weighted by Crippen LogP contribution is 2.24. The van der Waals surface area contributed by atoms with Gasteiger partial charge in [-0.3, -0.25) is 0 Å². The van der Waals surface area contributed by atoms with Gasteiger partial charge in [-0.05, 0) is 47.9 Å². The van der Waals surface area contributed by atoms with Crippen LogP contribution in [0.1, 0.15) is 35.6 Å². The number of rotatable bonds is 6. The van der Waals surface area contributed by atoms with Gasteiger partial charge in [0.1, 0.15) is 6.04 Å². The van der Waals surface area contributed by atoms with Crippen LogP contribution in [-0.4, -0.2) is 28.1 Å². The van der Waals surface area contributed by atoms with Gasteiger partial charge in [0.05, 0.1) is 24.5 Å². The van der Waals surface area contributed by atoms with E-state index < -0.39 is 10.0 Å². The standard InChI is InChI=1S/C24H28N2O2S/c1-18-12-13-21(16-19(18)2)29(27,28)25-17-24(26-14-5-6-15-26)23-11-7-9-20-8-3-4-10-22(20)23/h3-4,7-13,16,24-25H,5-6,14-15,17H2,1-2H3/p+1/t24-/m1/s1. The highest BCUT2D eigenvalue weighted by atomic mass is 32.2. The molecule has 1 aliphatic heterocycles. The quantitative estimate of drug-likeness (QED) is 0.657. The molecule has 152 valence electrons. The van der Waals surface area contributed by atoms with E-state index in [0.717, 1.165) is 24.2 Å². The second-order valence-electron chi connectivity index (χ2n) is 8.08. The largest absolute Gasteiger partial charge is 0.328 e. The monoisotopic (exact) mass is 409 g/mol. The van der Waals surface area contributed by atoms with Crippen LogP contribution in [-0.2, 0) is 10.0 Å². The Morgan fingerprint density at radius 3 is 2.41 bits per heavy atom. The molecule has 3 aromatic rings. The number of hydrogen-bond acceptors (Lipinski definition) is 2. The van der Waals surface area contributed by atoms with Gasteiger partial charge in [0.15, 0.2) is 0 Å². The molecule has 0 spiro atoms. The van der Waals surface area contributed by atoms with Gasteiger partial charge in [0, 0.05) is 18.4 Å². The fraction of sp³-hybridized carbons (Fsp3) is 0.333. The third kappa shape index (κ3) is 4.22. The molecule has 0 bridgehead atoms. The van der Waals surface area contributed by atoms with E-state index in [1.165, 1.54) is 34.1 Å². The first kappa shape index (κ1) is 20.1. The van der Waals surface area contributed by atoms with Crippen molar-refractivity contribution in [1.82, 2.24) is 4.72 Å². The van der Waals surface area contributed by atoms with E-state index >= 15 is 0 Å². The molecule has 1 fully saturated rings. The van der Waals surface area contributed by atoms with Crippen molar-refractivity contribution in [2.24, 2.45) is 0 Å². The normalized spacial score (nSPS) is 16.3. The van der Waals surface area contributed by atoms with Crippen molar-refractivity contribution in [2.45, 2.75) is 37.6 Å². The number of sulfonamides is 1. The Morgan fingerprint density at radius 2 is 1.66 bits per heavy atom. The fourth-order valence-corrected chi connectivity index (χ4v) is 5.50. The average molecular weight is 410 g/mol. The van der Waals surface area contributed by atoms with Crippen molar-refractivity contribution < 1.29 is 13.3 Å². The first-order chi connectivity index (χ1) is 14.0. The van der Waals surface area contributed by atoms with E-state index in [1.54, 1.807) is 12.1 Å². The van der Waals surface area contributed by atoms with E-state index in [-0.39, 0.29) is 6.04 Å². The molecule has 0 aromatic heterocycles. The minimum absolute atomic E-state index is 0.102. The lowest BCUT2D eigenvalue weighted by Crippen LogP contribution is -3.11. The minimum atomic E-state index is -3.55. The van der Waals surface area contributed by atoms with E-state index in [0.29, 0.717) is 11.4 Å². The second-order valence-corrected chi connectivity index (χ2v) is 9.85. The fourth-order valence-electron chi connectivity index (χ4n) is 4.36. The molecule has 1 heterocycles. The summed E-state index contributed by atoms with van der Waals surface area (Å²) in [6, 6.07) is 20.2. The maximum Gasteiger partial charge on any atom is 0.240 e. The summed E-state index contributed by atoms with van der Waals surface area (Å²) in [5.41, 5.74) is 3.31. The lowest BCUT2D eigenvalue weighted by Gasteiger charge is -2.26. The first-order valence-electron chi connectivity index (χ1n) is 10.3. The zero-order chi connectivity index (χ0) is 20.4. The highest BCUT2D eigenvalue weighted by molar-refractivity contribution is 7.89. The van der Waals surface area contributed by atoms with Crippen LogP contribution in [0.15, 0.2) is 65.6 Å². The van der Waals surface area contributed by atoms with Gasteiger partial charge >= 0.3 is 0 Å². The summed E-state index contributed by atoms with van der Waals surface area (Å²) >= 11 is 0. The molecule has 3 aromatic carbocycles. The summed E-state index contributed by atoms with van der Waals surface area (Å²) < 4.78 is 28.9. The molecule has 2 N–H and O–H groups in total. The number of nitrogens with one attached hydrogen (secondary N) is 2. The Bertz CT molecular complexity index is 1110. The predicted octanol–water partition coefficient (Wildman–Crippen LogP) is 3.15. The number of likely N-dealkylation sites (tertiary alicyclic amines) is 1. The number of quaternary nitrogens is 1. The molecule has 0 radical (unpaired) electrons. The number of benzene rings is 3. The van der Waals surface area contributed by atoms with Gasteiger partial charge in [-0.2, -0.15) is 0 Å². The van der Waals surface area contributed by atoms with Gasteiger partial charge < -0.3 is 4.90 Å². The summed E-state index contributed by atoms with van der Waals surface area (Å²) in [4.78, 5) is 1.80. The molecule has 1 atom stereocenters. The van der Waals surface area contributed by atoms with Crippen LogP contribution in [0.25, 0.3) is 10.8 Å². The highest BCUT2D eigenvalue weighted by Gasteiger charge is 2.30. The molecular weight excluding hydrogens is 380 g/mol. The SMILES string of the molecule is Cc1ccc(S(=O)(=O)NC[C@H](c2cccc3ccccc23)[NH+]2CCCC2)cc1C. The van der Waals surface area contributed by atoms with Crippen molar-refractivity contribution >= 4 is 20.8 Å². The molecule has 0 aliphatic carbocycles. The lowest BCUT2D eigenvalue weighted by atomic mass is 9.98. The van der Waals surface area contributed by atoms with Gasteiger partial charge in [-0.25, -0.2) is 13.1 Å². The van der Waals surface area contributed by atoms with E-state index in [9.17, 15) is 8.42 Å². The third-order valence-corrected chi connectivity index (χ3v) is 7.62. The molecule has 4 rings (SSSR count). The van der Waals surface area contributed by atoms with Gasteiger partial charge in [-0.1, -0.05) is 48.5 Å². The van der Waals surface area contributed by atoms with Crippen LogP contribution in [0.5, 0.6) is 0 Å². The summed E-state index contributed by atoms with van der Waals surface area (Å²) in [6.07, 6.45) is 2.39. The van der Waals surface area contributed by atoms with Crippen LogP contribution >= 0.6 is 0 Å². The van der Waals surface area contributed by atoms with E-state index in [4.69, 9.17) is 0 Å². The average Bonchev–Trinajstić information content (AvgIpc) is 3.25. The second kappa shape index (κ2) is 8.27. The minimum Gasteiger partial charge on any atom is -0.328 e. The van der Waals surface area contributed by atoms with E-state index in [2.05, 4.69) is 41.1 Å². The maximum atomic E-state index is 13.0. The van der Waals surface area contributed by atoms with Gasteiger partial charge in [-0.15, -0.1) is 0 Å². The van der Waals surface area contributed by atoms with Crippen LogP contribution in [0.4, 0.5) is 0 Å². The topological polar surface area (TPSA) is 50.6 Å². The smallest absolute Gasteiger partial charge is 0.240 e. The zero-order valence-corrected chi connectivity index (χ0v) is 17.9. The summed E-state index contributed by atoms with van der Waals surface area (Å²) in [7, 11) is -3.55. The maximum absolute atomic E-state index is 13.0. The number of fused-ring (bicyclic) bond motifs is 1. The van der Waals surface area contributed by atoms with Crippen molar-refractivity contribution in [3.8, 4) is 0 Å². The molecule has 0 amide bonds. The number of hydrogen-bond donors (Lipinski definition) is 2. The molecule has 1 aliphatic rings. The van der Waals surface area contributed by atoms with E-state index in [1.807, 2.05) is 26.0 Å². The first-order valence-corrected chi connectivity index (χ1v) is 11.8. The number of aryl methyl sites for hydroxylation is 2. The van der Waals surface area contributed by atoms with Gasteiger partial charge in [0.25, 0.3) is 0 Å². The molecule has 0 saturated carbocycles. The Kier molecular flexibility index (Phi) is 5.72.